The van der Waals surface area contributed by atoms with Crippen LogP contribution < -0.4 is 10.5 Å². The molecule has 0 saturated carbocycles. The molecule has 2 rings (SSSR count). The van der Waals surface area contributed by atoms with Crippen molar-refractivity contribution in [1.29, 1.82) is 0 Å². The van der Waals surface area contributed by atoms with Crippen molar-refractivity contribution >= 4 is 22.6 Å². The van der Waals surface area contributed by atoms with Gasteiger partial charge in [-0.1, -0.05) is 39.3 Å². The number of carbonyl (C=O) groups is 1. The minimum absolute atomic E-state index is 0.220. The van der Waals surface area contributed by atoms with Crippen LogP contribution in [0, 0.1) is 18.6 Å². The molecule has 0 bridgehead atoms. The number of hydrogen-bond donors (Lipinski definition) is 2. The summed E-state index contributed by atoms with van der Waals surface area (Å²) in [6.07, 6.45) is 2.44. The van der Waals surface area contributed by atoms with E-state index in [1.54, 1.807) is 6.07 Å². The quantitative estimate of drug-likeness (QED) is 0.722. The molecule has 0 fully saturated rings. The lowest BCUT2D eigenvalue weighted by Gasteiger charge is -2.14. The third-order valence-corrected chi connectivity index (χ3v) is 4.12. The second-order valence-corrected chi connectivity index (χ2v) is 6.57. The first-order chi connectivity index (χ1) is 13.8. The molecule has 6 nitrogen and oxygen atoms in total. The van der Waals surface area contributed by atoms with Gasteiger partial charge in [0.15, 0.2) is 11.6 Å². The number of amides is 1. The van der Waals surface area contributed by atoms with E-state index < -0.39 is 28.7 Å². The van der Waals surface area contributed by atoms with E-state index in [2.05, 4.69) is 10.3 Å². The summed E-state index contributed by atoms with van der Waals surface area (Å²) < 4.78 is 40.7. The number of nitrogens with two attached hydrogens (primary N) is 1. The van der Waals surface area contributed by atoms with Crippen molar-refractivity contribution in [2.45, 2.75) is 51.7 Å². The van der Waals surface area contributed by atoms with Crippen LogP contribution in [0.5, 0.6) is 0 Å². The average molecular weight is 430 g/mol. The molecular formula is C20H29F2N3O3S. The minimum Gasteiger partial charge on any atom is -0.372 e. The number of aromatic nitrogens is 1. The van der Waals surface area contributed by atoms with E-state index in [1.807, 2.05) is 20.8 Å². The van der Waals surface area contributed by atoms with Gasteiger partial charge in [0.05, 0.1) is 0 Å². The number of nitrogens with one attached hydrogen (secondary N) is 1. The number of ether oxygens (including phenoxy) is 1. The Hall–Kier alpha value is -2.23. The molecule has 0 saturated heterocycles. The SMILES string of the molecule is CC.CCCC(OC)C(=O)Nc1ccnc(S(N)=O)c1.Cc1cccc(F)c1F. The minimum atomic E-state index is -1.66. The van der Waals surface area contributed by atoms with Gasteiger partial charge < -0.3 is 10.1 Å². The van der Waals surface area contributed by atoms with Crippen LogP contribution in [0.15, 0.2) is 41.6 Å². The number of aryl methyl sites for hydroxylation is 1. The van der Waals surface area contributed by atoms with Crippen LogP contribution in [0.2, 0.25) is 0 Å². The molecule has 2 atom stereocenters. The predicted octanol–water partition coefficient (Wildman–Crippen LogP) is 4.12. The first kappa shape index (κ1) is 26.8. The molecule has 1 aromatic carbocycles. The van der Waals surface area contributed by atoms with Crippen molar-refractivity contribution < 1.29 is 22.5 Å². The van der Waals surface area contributed by atoms with E-state index in [0.29, 0.717) is 17.7 Å². The van der Waals surface area contributed by atoms with Gasteiger partial charge in [-0.25, -0.2) is 23.1 Å². The highest BCUT2D eigenvalue weighted by Gasteiger charge is 2.17. The monoisotopic (exact) mass is 429 g/mol. The number of halogens is 2. The van der Waals surface area contributed by atoms with Gasteiger partial charge in [0.25, 0.3) is 5.91 Å². The summed E-state index contributed by atoms with van der Waals surface area (Å²) in [7, 11) is -0.171. The van der Waals surface area contributed by atoms with Crippen molar-refractivity contribution in [3.8, 4) is 0 Å². The fourth-order valence-electron chi connectivity index (χ4n) is 2.05. The van der Waals surface area contributed by atoms with Crippen LogP contribution in [-0.2, 0) is 20.5 Å². The van der Waals surface area contributed by atoms with E-state index >= 15 is 0 Å². The Morgan fingerprint density at radius 1 is 1.31 bits per heavy atom. The zero-order valence-electron chi connectivity index (χ0n) is 17.4. The molecule has 2 aromatic rings. The zero-order chi connectivity index (χ0) is 22.4. The van der Waals surface area contributed by atoms with Gasteiger partial charge in [-0.2, -0.15) is 0 Å². The fraction of sp³-hybridized carbons (Fsp3) is 0.400. The molecule has 0 radical (unpaired) electrons. The first-order valence-corrected chi connectivity index (χ1v) is 10.4. The number of methoxy groups -OCH3 is 1. The number of rotatable bonds is 6. The average Bonchev–Trinajstić information content (AvgIpc) is 2.72. The van der Waals surface area contributed by atoms with Gasteiger partial charge in [0.2, 0.25) is 0 Å². The maximum atomic E-state index is 12.4. The van der Waals surface area contributed by atoms with E-state index in [4.69, 9.17) is 9.88 Å². The third-order valence-electron chi connectivity index (χ3n) is 3.48. The molecule has 0 aliphatic rings. The highest BCUT2D eigenvalue weighted by Crippen LogP contribution is 2.12. The lowest BCUT2D eigenvalue weighted by Crippen LogP contribution is -2.29. The number of carbonyl (C=O) groups excluding carboxylic acids is 1. The van der Waals surface area contributed by atoms with Crippen LogP contribution in [0.4, 0.5) is 14.5 Å². The molecule has 3 N–H and O–H groups in total. The summed E-state index contributed by atoms with van der Waals surface area (Å²) in [5.41, 5.74) is 0.844. The first-order valence-electron chi connectivity index (χ1n) is 9.16. The normalized spacial score (nSPS) is 11.9. The van der Waals surface area contributed by atoms with E-state index in [1.165, 1.54) is 38.4 Å². The van der Waals surface area contributed by atoms with E-state index in [0.717, 1.165) is 12.5 Å². The lowest BCUT2D eigenvalue weighted by molar-refractivity contribution is -0.126. The van der Waals surface area contributed by atoms with Crippen molar-refractivity contribution in [2.75, 3.05) is 12.4 Å². The van der Waals surface area contributed by atoms with Crippen molar-refractivity contribution in [2.24, 2.45) is 5.14 Å². The van der Waals surface area contributed by atoms with Gasteiger partial charge in [-0.3, -0.25) is 4.79 Å². The Labute approximate surface area is 173 Å². The highest BCUT2D eigenvalue weighted by atomic mass is 32.2. The molecule has 2 unspecified atom stereocenters. The smallest absolute Gasteiger partial charge is 0.253 e. The van der Waals surface area contributed by atoms with Gasteiger partial charge in [-0.15, -0.1) is 0 Å². The summed E-state index contributed by atoms with van der Waals surface area (Å²) in [5.74, 6) is -1.77. The van der Waals surface area contributed by atoms with Gasteiger partial charge in [-0.05, 0) is 37.1 Å². The van der Waals surface area contributed by atoms with Crippen LogP contribution in [-0.4, -0.2) is 28.3 Å². The van der Waals surface area contributed by atoms with E-state index in [-0.39, 0.29) is 10.9 Å². The Kier molecular flexibility index (Phi) is 13.6. The second-order valence-electron chi connectivity index (χ2n) is 5.55. The predicted molar refractivity (Wildman–Crippen MR) is 112 cm³/mol. The fourth-order valence-corrected chi connectivity index (χ4v) is 2.46. The number of pyridine rings is 1. The van der Waals surface area contributed by atoms with Crippen LogP contribution >= 0.6 is 0 Å². The maximum Gasteiger partial charge on any atom is 0.253 e. The number of anilines is 1. The Balaban J connectivity index is 0.000000595. The summed E-state index contributed by atoms with van der Waals surface area (Å²) in [6.45, 7) is 7.50. The third kappa shape index (κ3) is 9.69. The molecule has 0 aliphatic heterocycles. The van der Waals surface area contributed by atoms with Gasteiger partial charge in [0, 0.05) is 19.0 Å². The topological polar surface area (TPSA) is 94.3 Å². The number of hydrogen-bond acceptors (Lipinski definition) is 4. The van der Waals surface area contributed by atoms with Gasteiger partial charge in [0.1, 0.15) is 22.1 Å². The van der Waals surface area contributed by atoms with Crippen LogP contribution in [0.1, 0.15) is 39.2 Å². The standard InChI is InChI=1S/C11H17N3O3S.C7H6F2.C2H6/c1-3-4-9(17-2)11(15)14-8-5-6-13-10(7-8)18(12)16;1-5-3-2-4-6(8)7(5)9;1-2/h5-7,9H,3-4,12H2,1-2H3,(H,13,14,15);2-4H,1H3;1-2H3. The molecule has 0 aliphatic carbocycles. The number of benzene rings is 1. The Morgan fingerprint density at radius 3 is 2.45 bits per heavy atom. The summed E-state index contributed by atoms with van der Waals surface area (Å²) in [6, 6.07) is 7.19. The zero-order valence-corrected chi connectivity index (χ0v) is 18.2. The van der Waals surface area contributed by atoms with Crippen LogP contribution in [0.25, 0.3) is 0 Å². The molecule has 1 heterocycles. The molecule has 1 aromatic heterocycles. The summed E-state index contributed by atoms with van der Waals surface area (Å²) in [5, 5.41) is 8.12. The van der Waals surface area contributed by atoms with Crippen molar-refractivity contribution in [3.05, 3.63) is 53.7 Å². The molecular weight excluding hydrogens is 400 g/mol. The Morgan fingerprint density at radius 2 is 1.97 bits per heavy atom. The maximum absolute atomic E-state index is 12.4. The largest absolute Gasteiger partial charge is 0.372 e. The van der Waals surface area contributed by atoms with Gasteiger partial charge >= 0.3 is 0 Å². The molecule has 0 spiro atoms. The highest BCUT2D eigenvalue weighted by molar-refractivity contribution is 7.82. The van der Waals surface area contributed by atoms with Crippen molar-refractivity contribution in [3.63, 3.8) is 0 Å². The molecule has 162 valence electrons. The van der Waals surface area contributed by atoms with Crippen molar-refractivity contribution in [1.82, 2.24) is 4.98 Å². The molecule has 1 amide bonds. The Bertz CT molecular complexity index is 771. The molecule has 29 heavy (non-hydrogen) atoms. The molecule has 9 heteroatoms. The lowest BCUT2D eigenvalue weighted by atomic mass is 10.2. The summed E-state index contributed by atoms with van der Waals surface area (Å²) >= 11 is 0. The second kappa shape index (κ2) is 14.7. The number of nitrogens with zero attached hydrogens (tertiary/aromatic N) is 1. The van der Waals surface area contributed by atoms with E-state index in [9.17, 15) is 17.8 Å². The van der Waals surface area contributed by atoms with Crippen LogP contribution in [0.3, 0.4) is 0 Å². The summed E-state index contributed by atoms with van der Waals surface area (Å²) in [4.78, 5) is 15.7.